The molecule has 0 aliphatic heterocycles. The second-order valence-electron chi connectivity index (χ2n) is 2.11. The summed E-state index contributed by atoms with van der Waals surface area (Å²) in [5.41, 5.74) is 0.853. The predicted molar refractivity (Wildman–Crippen MR) is 50.2 cm³/mol. The fourth-order valence-corrected chi connectivity index (χ4v) is 1.16. The number of nitrogens with one attached hydrogen (secondary N) is 1. The van der Waals surface area contributed by atoms with E-state index in [4.69, 9.17) is 0 Å². The molecular weight excluding hydrogens is 176 g/mol. The van der Waals surface area contributed by atoms with Gasteiger partial charge >= 0.3 is 0 Å². The van der Waals surface area contributed by atoms with Crippen molar-refractivity contribution < 1.29 is 4.92 Å². The van der Waals surface area contributed by atoms with E-state index in [1.807, 2.05) is 6.26 Å². The lowest BCUT2D eigenvalue weighted by Gasteiger charge is -1.99. The van der Waals surface area contributed by atoms with E-state index < -0.39 is 4.92 Å². The SMILES string of the molecule is CSNc1cccc([N+](=O)[O-])c1. The number of non-ortho nitro benzene ring substituents is 1. The summed E-state index contributed by atoms with van der Waals surface area (Å²) in [6, 6.07) is 6.39. The Hall–Kier alpha value is -1.23. The number of hydrogen-bond donors (Lipinski definition) is 1. The van der Waals surface area contributed by atoms with Crippen LogP contribution in [0.1, 0.15) is 0 Å². The van der Waals surface area contributed by atoms with Gasteiger partial charge in [0.05, 0.1) is 10.6 Å². The van der Waals surface area contributed by atoms with E-state index in [1.54, 1.807) is 12.1 Å². The highest BCUT2D eigenvalue weighted by atomic mass is 32.2. The predicted octanol–water partition coefficient (Wildman–Crippen LogP) is 2.28. The Balaban J connectivity index is 2.88. The molecule has 0 aromatic heterocycles. The lowest BCUT2D eigenvalue weighted by atomic mass is 10.3. The van der Waals surface area contributed by atoms with Crippen LogP contribution in [0, 0.1) is 10.1 Å². The largest absolute Gasteiger partial charge is 0.330 e. The van der Waals surface area contributed by atoms with Crippen molar-refractivity contribution in [3.63, 3.8) is 0 Å². The van der Waals surface area contributed by atoms with Gasteiger partial charge in [-0.1, -0.05) is 18.0 Å². The molecule has 0 spiro atoms. The maximum atomic E-state index is 10.3. The van der Waals surface area contributed by atoms with Crippen LogP contribution in [0.15, 0.2) is 24.3 Å². The summed E-state index contributed by atoms with van der Waals surface area (Å²) in [6.45, 7) is 0. The van der Waals surface area contributed by atoms with Crippen LogP contribution in [0.25, 0.3) is 0 Å². The van der Waals surface area contributed by atoms with Crippen LogP contribution >= 0.6 is 11.9 Å². The van der Waals surface area contributed by atoms with Crippen molar-refractivity contribution in [3.05, 3.63) is 34.4 Å². The third-order valence-electron chi connectivity index (χ3n) is 1.28. The first-order chi connectivity index (χ1) is 5.74. The van der Waals surface area contributed by atoms with Gasteiger partial charge in [0.15, 0.2) is 0 Å². The molecule has 0 radical (unpaired) electrons. The molecule has 1 rings (SSSR count). The number of anilines is 1. The Morgan fingerprint density at radius 2 is 2.33 bits per heavy atom. The van der Waals surface area contributed by atoms with Crippen LogP contribution in [0.2, 0.25) is 0 Å². The number of rotatable bonds is 3. The van der Waals surface area contributed by atoms with E-state index in [1.165, 1.54) is 24.1 Å². The van der Waals surface area contributed by atoms with Gasteiger partial charge in [-0.25, -0.2) is 0 Å². The molecule has 0 unspecified atom stereocenters. The molecule has 0 fully saturated rings. The van der Waals surface area contributed by atoms with E-state index in [9.17, 15) is 10.1 Å². The van der Waals surface area contributed by atoms with Crippen LogP contribution in [0.3, 0.4) is 0 Å². The van der Waals surface area contributed by atoms with E-state index >= 15 is 0 Å². The highest BCUT2D eigenvalue weighted by Crippen LogP contribution is 2.18. The molecule has 0 aliphatic rings. The number of nitrogens with zero attached hydrogens (tertiary/aromatic N) is 1. The van der Waals surface area contributed by atoms with Crippen LogP contribution < -0.4 is 4.72 Å². The topological polar surface area (TPSA) is 55.2 Å². The molecule has 0 saturated carbocycles. The quantitative estimate of drug-likeness (QED) is 0.445. The van der Waals surface area contributed by atoms with Crippen molar-refractivity contribution in [3.8, 4) is 0 Å². The van der Waals surface area contributed by atoms with E-state index in [-0.39, 0.29) is 5.69 Å². The summed E-state index contributed by atoms with van der Waals surface area (Å²) in [6.07, 6.45) is 1.86. The second-order valence-corrected chi connectivity index (χ2v) is 2.73. The highest BCUT2D eigenvalue weighted by Gasteiger charge is 2.03. The summed E-state index contributed by atoms with van der Waals surface area (Å²) >= 11 is 1.40. The van der Waals surface area contributed by atoms with Gasteiger partial charge in [-0.15, -0.1) is 0 Å². The first-order valence-corrected chi connectivity index (χ1v) is 4.50. The molecule has 12 heavy (non-hydrogen) atoms. The summed E-state index contributed by atoms with van der Waals surface area (Å²) in [7, 11) is 0. The Bertz CT molecular complexity index is 290. The number of nitro groups is 1. The normalized spacial score (nSPS) is 9.42. The molecular formula is C7H8N2O2S. The van der Waals surface area contributed by atoms with Crippen molar-refractivity contribution in [2.45, 2.75) is 0 Å². The van der Waals surface area contributed by atoms with Gasteiger partial charge < -0.3 is 4.72 Å². The molecule has 0 saturated heterocycles. The summed E-state index contributed by atoms with van der Waals surface area (Å²) in [4.78, 5) is 9.92. The maximum absolute atomic E-state index is 10.3. The zero-order valence-corrected chi connectivity index (χ0v) is 7.30. The van der Waals surface area contributed by atoms with Crippen LogP contribution in [-0.4, -0.2) is 11.2 Å². The molecule has 1 aromatic rings. The van der Waals surface area contributed by atoms with Crippen molar-refractivity contribution in [2.24, 2.45) is 0 Å². The van der Waals surface area contributed by atoms with Gasteiger partial charge in [0.2, 0.25) is 0 Å². The molecule has 1 N–H and O–H groups in total. The zero-order valence-electron chi connectivity index (χ0n) is 6.48. The van der Waals surface area contributed by atoms with Crippen LogP contribution in [-0.2, 0) is 0 Å². The molecule has 0 aliphatic carbocycles. The molecule has 4 nitrogen and oxygen atoms in total. The van der Waals surface area contributed by atoms with Gasteiger partial charge in [-0.05, 0) is 6.07 Å². The van der Waals surface area contributed by atoms with Gasteiger partial charge in [0, 0.05) is 18.4 Å². The molecule has 0 atom stereocenters. The van der Waals surface area contributed by atoms with Crippen LogP contribution in [0.4, 0.5) is 11.4 Å². The highest BCUT2D eigenvalue weighted by molar-refractivity contribution is 7.99. The minimum absolute atomic E-state index is 0.106. The number of hydrogen-bond acceptors (Lipinski definition) is 4. The van der Waals surface area contributed by atoms with Crippen molar-refractivity contribution in [2.75, 3.05) is 11.0 Å². The lowest BCUT2D eigenvalue weighted by Crippen LogP contribution is -1.89. The minimum Gasteiger partial charge on any atom is -0.330 e. The molecule has 5 heteroatoms. The number of benzene rings is 1. The standard InChI is InChI=1S/C7H8N2O2S/c1-12-8-6-3-2-4-7(5-6)9(10)11/h2-5,8H,1H3. The van der Waals surface area contributed by atoms with Crippen LogP contribution in [0.5, 0.6) is 0 Å². The second kappa shape index (κ2) is 3.96. The fraction of sp³-hybridized carbons (Fsp3) is 0.143. The monoisotopic (exact) mass is 184 g/mol. The van der Waals surface area contributed by atoms with Gasteiger partial charge in [0.1, 0.15) is 0 Å². The Morgan fingerprint density at radius 1 is 1.58 bits per heavy atom. The van der Waals surface area contributed by atoms with Crippen molar-refractivity contribution in [1.29, 1.82) is 0 Å². The van der Waals surface area contributed by atoms with Gasteiger partial charge in [0.25, 0.3) is 5.69 Å². The smallest absolute Gasteiger partial charge is 0.271 e. The van der Waals surface area contributed by atoms with E-state index in [2.05, 4.69) is 4.72 Å². The summed E-state index contributed by atoms with van der Waals surface area (Å²) in [5, 5.41) is 10.3. The van der Waals surface area contributed by atoms with Gasteiger partial charge in [-0.2, -0.15) is 0 Å². The third kappa shape index (κ3) is 2.13. The molecule has 0 amide bonds. The molecule has 64 valence electrons. The van der Waals surface area contributed by atoms with Gasteiger partial charge in [-0.3, -0.25) is 10.1 Å². The lowest BCUT2D eigenvalue weighted by molar-refractivity contribution is -0.384. The molecule has 0 bridgehead atoms. The van der Waals surface area contributed by atoms with E-state index in [0.29, 0.717) is 0 Å². The fourth-order valence-electron chi connectivity index (χ4n) is 0.801. The summed E-state index contributed by atoms with van der Waals surface area (Å²) in [5.74, 6) is 0. The molecule has 1 aromatic carbocycles. The maximum Gasteiger partial charge on any atom is 0.271 e. The zero-order chi connectivity index (χ0) is 8.97. The van der Waals surface area contributed by atoms with Crippen molar-refractivity contribution >= 4 is 23.3 Å². The van der Waals surface area contributed by atoms with E-state index in [0.717, 1.165) is 5.69 Å². The summed E-state index contributed by atoms with van der Waals surface area (Å²) < 4.78 is 2.92. The number of nitro benzene ring substituents is 1. The average Bonchev–Trinajstić information content (AvgIpc) is 2.05. The Kier molecular flexibility index (Phi) is 2.93. The van der Waals surface area contributed by atoms with Crippen molar-refractivity contribution in [1.82, 2.24) is 0 Å². The Morgan fingerprint density at radius 3 is 2.92 bits per heavy atom. The minimum atomic E-state index is -0.411. The first-order valence-electron chi connectivity index (χ1n) is 3.27. The molecule has 0 heterocycles. The first kappa shape index (κ1) is 8.86. The average molecular weight is 184 g/mol. The Labute approximate surface area is 74.3 Å². The third-order valence-corrected chi connectivity index (χ3v) is 1.72.